The zero-order valence-electron chi connectivity index (χ0n) is 8.84. The van der Waals surface area contributed by atoms with Crippen molar-refractivity contribution in [3.05, 3.63) is 56.1 Å². The molecule has 1 aromatic heterocycles. The molecule has 2 rings (SSSR count). The predicted molar refractivity (Wildman–Crippen MR) is 70.1 cm³/mol. The summed E-state index contributed by atoms with van der Waals surface area (Å²) in [6, 6.07) is 7.41. The van der Waals surface area contributed by atoms with Crippen LogP contribution < -0.4 is 4.74 Å². The molecule has 92 valence electrons. The molecule has 0 aliphatic rings. The van der Waals surface area contributed by atoms with E-state index in [0.717, 1.165) is 4.47 Å². The molecule has 0 aliphatic heterocycles. The number of nitro benzene ring substituents is 1. The molecule has 0 atom stereocenters. The Morgan fingerprint density at radius 1 is 1.33 bits per heavy atom. The normalized spacial score (nSPS) is 10.1. The summed E-state index contributed by atoms with van der Waals surface area (Å²) in [5, 5.41) is 11.2. The summed E-state index contributed by atoms with van der Waals surface area (Å²) >= 11 is 9.02. The minimum Gasteiger partial charge on any atom is -0.432 e. The van der Waals surface area contributed by atoms with Gasteiger partial charge in [0.25, 0.3) is 0 Å². The Morgan fingerprint density at radius 3 is 2.72 bits per heavy atom. The first kappa shape index (κ1) is 12.8. The average molecular weight is 330 g/mol. The Labute approximate surface area is 116 Å². The van der Waals surface area contributed by atoms with Crippen LogP contribution in [-0.4, -0.2) is 9.91 Å². The van der Waals surface area contributed by atoms with E-state index in [0.29, 0.717) is 5.02 Å². The summed E-state index contributed by atoms with van der Waals surface area (Å²) in [5.41, 5.74) is -0.163. The van der Waals surface area contributed by atoms with E-state index in [1.165, 1.54) is 24.4 Å². The number of nitrogens with zero attached hydrogens (tertiary/aromatic N) is 2. The van der Waals surface area contributed by atoms with Crippen LogP contribution in [0.3, 0.4) is 0 Å². The van der Waals surface area contributed by atoms with E-state index < -0.39 is 4.92 Å². The number of rotatable bonds is 3. The van der Waals surface area contributed by atoms with Crippen molar-refractivity contribution in [1.82, 2.24) is 4.98 Å². The first-order valence-corrected chi connectivity index (χ1v) is 5.97. The number of aromatic nitrogens is 1. The molecule has 5 nitrogen and oxygen atoms in total. The maximum atomic E-state index is 10.8. The third-order valence-electron chi connectivity index (χ3n) is 2.03. The standard InChI is InChI=1S/C11H6BrClN2O3/c12-7-1-4-11(14-6-7)18-10-5-8(13)2-3-9(10)15(16)17/h1-6H. The molecule has 0 saturated heterocycles. The lowest BCUT2D eigenvalue weighted by atomic mass is 10.3. The highest BCUT2D eigenvalue weighted by Gasteiger charge is 2.16. The van der Waals surface area contributed by atoms with E-state index in [1.54, 1.807) is 12.1 Å². The quantitative estimate of drug-likeness (QED) is 0.625. The molecule has 0 saturated carbocycles. The van der Waals surface area contributed by atoms with Gasteiger partial charge in [-0.3, -0.25) is 10.1 Å². The summed E-state index contributed by atoms with van der Waals surface area (Å²) in [5.74, 6) is 0.311. The van der Waals surface area contributed by atoms with Gasteiger partial charge in [0.15, 0.2) is 0 Å². The van der Waals surface area contributed by atoms with Crippen molar-refractivity contribution in [2.45, 2.75) is 0 Å². The number of hydrogen-bond donors (Lipinski definition) is 0. The zero-order chi connectivity index (χ0) is 13.1. The van der Waals surface area contributed by atoms with Crippen LogP contribution in [0.5, 0.6) is 11.6 Å². The smallest absolute Gasteiger partial charge is 0.311 e. The number of pyridine rings is 1. The Kier molecular flexibility index (Phi) is 3.78. The van der Waals surface area contributed by atoms with Gasteiger partial charge in [0.1, 0.15) is 0 Å². The van der Waals surface area contributed by atoms with Crippen LogP contribution in [0.1, 0.15) is 0 Å². The molecule has 0 bridgehead atoms. The largest absolute Gasteiger partial charge is 0.432 e. The van der Waals surface area contributed by atoms with E-state index in [-0.39, 0.29) is 17.3 Å². The molecule has 0 fully saturated rings. The molecular weight excluding hydrogens is 323 g/mol. The molecular formula is C11H6BrClN2O3. The third-order valence-corrected chi connectivity index (χ3v) is 2.74. The van der Waals surface area contributed by atoms with E-state index in [9.17, 15) is 10.1 Å². The van der Waals surface area contributed by atoms with Crippen LogP contribution in [-0.2, 0) is 0 Å². The molecule has 1 heterocycles. The number of halogens is 2. The highest BCUT2D eigenvalue weighted by atomic mass is 79.9. The van der Waals surface area contributed by atoms with Gasteiger partial charge in [-0.15, -0.1) is 0 Å². The van der Waals surface area contributed by atoms with E-state index >= 15 is 0 Å². The van der Waals surface area contributed by atoms with Gasteiger partial charge in [-0.2, -0.15) is 0 Å². The Morgan fingerprint density at radius 2 is 2.11 bits per heavy atom. The highest BCUT2D eigenvalue weighted by Crippen LogP contribution is 2.33. The number of benzene rings is 1. The molecule has 2 aromatic rings. The third kappa shape index (κ3) is 2.96. The second-order valence-corrected chi connectivity index (χ2v) is 4.64. The van der Waals surface area contributed by atoms with Crippen molar-refractivity contribution >= 4 is 33.2 Å². The maximum Gasteiger partial charge on any atom is 0.311 e. The molecule has 0 N–H and O–H groups in total. The second kappa shape index (κ2) is 5.32. The summed E-state index contributed by atoms with van der Waals surface area (Å²) in [7, 11) is 0. The molecule has 0 radical (unpaired) electrons. The fourth-order valence-corrected chi connectivity index (χ4v) is 1.65. The van der Waals surface area contributed by atoms with Crippen molar-refractivity contribution in [2.75, 3.05) is 0 Å². The fourth-order valence-electron chi connectivity index (χ4n) is 1.26. The van der Waals surface area contributed by atoms with Crippen LogP contribution >= 0.6 is 27.5 Å². The summed E-state index contributed by atoms with van der Waals surface area (Å²) < 4.78 is 6.14. The van der Waals surface area contributed by atoms with Crippen LogP contribution in [0.2, 0.25) is 5.02 Å². The fraction of sp³-hybridized carbons (Fsp3) is 0. The monoisotopic (exact) mass is 328 g/mol. The first-order chi connectivity index (χ1) is 8.56. The molecule has 1 aromatic carbocycles. The van der Waals surface area contributed by atoms with Crippen LogP contribution in [0.15, 0.2) is 41.0 Å². The summed E-state index contributed by atoms with van der Waals surface area (Å²) in [6.07, 6.45) is 1.53. The van der Waals surface area contributed by atoms with Crippen LogP contribution in [0, 0.1) is 10.1 Å². The van der Waals surface area contributed by atoms with E-state index in [4.69, 9.17) is 16.3 Å². The van der Waals surface area contributed by atoms with Crippen molar-refractivity contribution in [1.29, 1.82) is 0 Å². The van der Waals surface area contributed by atoms with Gasteiger partial charge >= 0.3 is 5.69 Å². The molecule has 7 heteroatoms. The molecule has 0 amide bonds. The summed E-state index contributed by atoms with van der Waals surface area (Å²) in [6.45, 7) is 0. The first-order valence-electron chi connectivity index (χ1n) is 4.79. The van der Waals surface area contributed by atoms with E-state index in [1.807, 2.05) is 0 Å². The second-order valence-electron chi connectivity index (χ2n) is 3.29. The number of hydrogen-bond acceptors (Lipinski definition) is 4. The van der Waals surface area contributed by atoms with Crippen molar-refractivity contribution in [2.24, 2.45) is 0 Å². The minimum atomic E-state index is -0.537. The highest BCUT2D eigenvalue weighted by molar-refractivity contribution is 9.10. The maximum absolute atomic E-state index is 10.8. The Hall–Kier alpha value is -1.66. The Balaban J connectivity index is 2.35. The topological polar surface area (TPSA) is 65.3 Å². The van der Waals surface area contributed by atoms with Gasteiger partial charge in [0.05, 0.1) is 4.92 Å². The van der Waals surface area contributed by atoms with Crippen molar-refractivity contribution < 1.29 is 9.66 Å². The predicted octanol–water partition coefficient (Wildman–Crippen LogP) is 4.20. The lowest BCUT2D eigenvalue weighted by Gasteiger charge is -2.05. The lowest BCUT2D eigenvalue weighted by Crippen LogP contribution is -1.94. The lowest BCUT2D eigenvalue weighted by molar-refractivity contribution is -0.385. The Bertz CT molecular complexity index is 589. The summed E-state index contributed by atoms with van der Waals surface area (Å²) in [4.78, 5) is 14.3. The van der Waals surface area contributed by atoms with Gasteiger partial charge in [0, 0.05) is 33.9 Å². The number of ether oxygens (including phenoxy) is 1. The van der Waals surface area contributed by atoms with Gasteiger partial charge in [-0.1, -0.05) is 11.6 Å². The molecule has 0 spiro atoms. The molecule has 0 unspecified atom stereocenters. The van der Waals surface area contributed by atoms with Crippen LogP contribution in [0.25, 0.3) is 0 Å². The SMILES string of the molecule is O=[N+]([O-])c1ccc(Cl)cc1Oc1ccc(Br)cn1. The number of nitro groups is 1. The van der Waals surface area contributed by atoms with Gasteiger partial charge in [0.2, 0.25) is 11.6 Å². The van der Waals surface area contributed by atoms with Gasteiger partial charge < -0.3 is 4.74 Å². The van der Waals surface area contributed by atoms with E-state index in [2.05, 4.69) is 20.9 Å². The average Bonchev–Trinajstić information content (AvgIpc) is 2.32. The molecule has 18 heavy (non-hydrogen) atoms. The van der Waals surface area contributed by atoms with Gasteiger partial charge in [-0.05, 0) is 28.1 Å². The molecule has 0 aliphatic carbocycles. The van der Waals surface area contributed by atoms with Gasteiger partial charge in [-0.25, -0.2) is 4.98 Å². The van der Waals surface area contributed by atoms with Crippen LogP contribution in [0.4, 0.5) is 5.69 Å². The van der Waals surface area contributed by atoms with Crippen molar-refractivity contribution in [3.8, 4) is 11.6 Å². The minimum absolute atomic E-state index is 0.0577. The zero-order valence-corrected chi connectivity index (χ0v) is 11.2. The van der Waals surface area contributed by atoms with Crippen molar-refractivity contribution in [3.63, 3.8) is 0 Å².